The molecule has 2 atom stereocenters. The largest absolute Gasteiger partial charge is 0.363 e. The van der Waals surface area contributed by atoms with Crippen molar-refractivity contribution in [3.05, 3.63) is 30.3 Å². The van der Waals surface area contributed by atoms with Gasteiger partial charge in [-0.3, -0.25) is 4.79 Å². The lowest BCUT2D eigenvalue weighted by Crippen LogP contribution is -2.49. The molecule has 0 aromatic heterocycles. The Morgan fingerprint density at radius 2 is 1.94 bits per heavy atom. The van der Waals surface area contributed by atoms with Crippen LogP contribution in [-0.2, 0) is 15.9 Å². The molecule has 1 aliphatic heterocycles. The zero-order valence-electron chi connectivity index (χ0n) is 8.90. The van der Waals surface area contributed by atoms with Gasteiger partial charge in [0.25, 0.3) is 4.93 Å². The molecule has 2 rings (SSSR count). The molecule has 0 saturated carbocycles. The second-order valence-electron chi connectivity index (χ2n) is 3.53. The maximum absolute atomic E-state index is 11.9. The number of benzene rings is 1. The first-order chi connectivity index (χ1) is 7.98. The predicted molar refractivity (Wildman–Crippen MR) is 62.8 cm³/mol. The Morgan fingerprint density at radius 1 is 1.35 bits per heavy atom. The summed E-state index contributed by atoms with van der Waals surface area (Å²) in [4.78, 5) is 9.44. The highest BCUT2D eigenvalue weighted by atomic mass is 32.2. The van der Waals surface area contributed by atoms with E-state index < -0.39 is 21.9 Å². The highest BCUT2D eigenvalue weighted by molar-refractivity contribution is 7.82. The average molecular weight is 254 g/mol. The number of carbonyl (C=O) groups excluding carboxylic acids is 1. The van der Waals surface area contributed by atoms with Gasteiger partial charge in [0, 0.05) is 0 Å². The second-order valence-corrected chi connectivity index (χ2v) is 4.62. The van der Waals surface area contributed by atoms with Crippen molar-refractivity contribution >= 4 is 28.4 Å². The van der Waals surface area contributed by atoms with Crippen molar-refractivity contribution < 1.29 is 18.7 Å². The molecule has 1 aromatic rings. The molecule has 7 heteroatoms. The van der Waals surface area contributed by atoms with Crippen molar-refractivity contribution in [1.29, 1.82) is 0 Å². The van der Waals surface area contributed by atoms with Crippen LogP contribution in [0.15, 0.2) is 35.4 Å². The number of hydrogen-bond acceptors (Lipinski definition) is 4. The first kappa shape index (κ1) is 11.9. The van der Waals surface area contributed by atoms with E-state index in [1.807, 2.05) is 0 Å². The molecule has 0 aliphatic carbocycles. The van der Waals surface area contributed by atoms with Crippen LogP contribution in [0.2, 0.25) is 0 Å². The summed E-state index contributed by atoms with van der Waals surface area (Å²) in [7, 11) is 0. The van der Waals surface area contributed by atoms with E-state index in [4.69, 9.17) is 4.55 Å². The maximum Gasteiger partial charge on any atom is 0.301 e. The van der Waals surface area contributed by atoms with Crippen LogP contribution >= 0.6 is 0 Å². The number of rotatable bonds is 2. The van der Waals surface area contributed by atoms with E-state index in [9.17, 15) is 14.1 Å². The molecular weight excluding hydrogens is 244 g/mol. The topological polar surface area (TPSA) is 90.2 Å². The number of aliphatic hydroxyl groups is 1. The van der Waals surface area contributed by atoms with Gasteiger partial charge in [-0.15, -0.1) is 0 Å². The molecule has 2 N–H and O–H groups in total. The minimum Gasteiger partial charge on any atom is -0.363 e. The van der Waals surface area contributed by atoms with Crippen LogP contribution in [0, 0.1) is 0 Å². The molecule has 90 valence electrons. The smallest absolute Gasteiger partial charge is 0.301 e. The van der Waals surface area contributed by atoms with Crippen molar-refractivity contribution in [1.82, 2.24) is 0 Å². The van der Waals surface area contributed by atoms with Crippen molar-refractivity contribution in [2.24, 2.45) is 5.10 Å². The Labute approximate surface area is 99.8 Å². The van der Waals surface area contributed by atoms with E-state index in [-0.39, 0.29) is 5.71 Å². The second kappa shape index (κ2) is 4.02. The average Bonchev–Trinajstić information content (AvgIpc) is 2.56. The highest BCUT2D eigenvalue weighted by Gasteiger charge is 2.53. The van der Waals surface area contributed by atoms with Crippen LogP contribution < -0.4 is 5.01 Å². The summed E-state index contributed by atoms with van der Waals surface area (Å²) < 4.78 is 20.1. The van der Waals surface area contributed by atoms with Gasteiger partial charge >= 0.3 is 5.91 Å². The van der Waals surface area contributed by atoms with Gasteiger partial charge in [-0.2, -0.15) is 10.1 Å². The Morgan fingerprint density at radius 3 is 2.41 bits per heavy atom. The number of carbonyl (C=O) groups is 1. The SMILES string of the molecule is CC1=NN(c2ccccc2)C(=O)C1(O)S(=O)O. The molecule has 6 nitrogen and oxygen atoms in total. The standard InChI is InChI=1S/C10H10N2O4S/c1-7-10(14,17(15)16)9(13)12(11-7)8-5-3-2-4-6-8/h2-6,14H,1H3,(H,15,16). The van der Waals surface area contributed by atoms with E-state index in [1.165, 1.54) is 6.92 Å². The molecule has 1 aliphatic rings. The van der Waals surface area contributed by atoms with Crippen LogP contribution in [0.4, 0.5) is 5.69 Å². The molecule has 1 heterocycles. The first-order valence-electron chi connectivity index (χ1n) is 4.76. The number of amides is 1. The van der Waals surface area contributed by atoms with Crippen LogP contribution in [0.5, 0.6) is 0 Å². The molecule has 2 unspecified atom stereocenters. The molecule has 1 aromatic carbocycles. The number of anilines is 1. The Hall–Kier alpha value is -1.57. The highest BCUT2D eigenvalue weighted by Crippen LogP contribution is 2.27. The molecule has 0 spiro atoms. The van der Waals surface area contributed by atoms with Crippen molar-refractivity contribution in [2.45, 2.75) is 11.9 Å². The van der Waals surface area contributed by atoms with Gasteiger partial charge in [-0.25, -0.2) is 4.21 Å². The van der Waals surface area contributed by atoms with Gasteiger partial charge in [-0.05, 0) is 19.1 Å². The summed E-state index contributed by atoms with van der Waals surface area (Å²) in [5.41, 5.74) is 0.324. The summed E-state index contributed by atoms with van der Waals surface area (Å²) >= 11 is -2.73. The fourth-order valence-electron chi connectivity index (χ4n) is 1.51. The fourth-order valence-corrected chi connectivity index (χ4v) is 2.04. The summed E-state index contributed by atoms with van der Waals surface area (Å²) in [5, 5.41) is 14.6. The minimum atomic E-state index is -2.73. The third-order valence-corrected chi connectivity index (χ3v) is 3.45. The van der Waals surface area contributed by atoms with Gasteiger partial charge in [0.2, 0.25) is 11.1 Å². The maximum atomic E-state index is 11.9. The normalized spacial score (nSPS) is 25.9. The molecule has 1 amide bonds. The zero-order valence-corrected chi connectivity index (χ0v) is 9.72. The van der Waals surface area contributed by atoms with Crippen LogP contribution in [0.25, 0.3) is 0 Å². The number of nitrogens with zero attached hydrogens (tertiary/aromatic N) is 2. The number of para-hydroxylation sites is 1. The van der Waals surface area contributed by atoms with E-state index in [1.54, 1.807) is 30.3 Å². The molecule has 0 saturated heterocycles. The predicted octanol–water partition coefficient (Wildman–Crippen LogP) is 0.319. The van der Waals surface area contributed by atoms with Gasteiger partial charge < -0.3 is 9.66 Å². The van der Waals surface area contributed by atoms with E-state index in [0.29, 0.717) is 5.69 Å². The fraction of sp³-hybridized carbons (Fsp3) is 0.200. The van der Waals surface area contributed by atoms with Crippen LogP contribution in [0.1, 0.15) is 6.92 Å². The summed E-state index contributed by atoms with van der Waals surface area (Å²) in [6.45, 7) is 1.33. The molecule has 0 bridgehead atoms. The molecular formula is C10H10N2O4S. The lowest BCUT2D eigenvalue weighted by molar-refractivity contribution is -0.124. The van der Waals surface area contributed by atoms with E-state index >= 15 is 0 Å². The molecule has 17 heavy (non-hydrogen) atoms. The summed E-state index contributed by atoms with van der Waals surface area (Å²) in [5.74, 6) is -0.929. The minimum absolute atomic E-state index is 0.104. The van der Waals surface area contributed by atoms with Crippen LogP contribution in [-0.4, -0.2) is 30.4 Å². The van der Waals surface area contributed by atoms with Gasteiger partial charge in [0.05, 0.1) is 11.4 Å². The number of hydrazone groups is 1. The zero-order chi connectivity index (χ0) is 12.6. The van der Waals surface area contributed by atoms with Crippen LogP contribution in [0.3, 0.4) is 0 Å². The van der Waals surface area contributed by atoms with Gasteiger partial charge in [0.1, 0.15) is 0 Å². The first-order valence-corrected chi connectivity index (χ1v) is 5.87. The van der Waals surface area contributed by atoms with Crippen molar-refractivity contribution in [3.8, 4) is 0 Å². The van der Waals surface area contributed by atoms with Crippen molar-refractivity contribution in [3.63, 3.8) is 0 Å². The van der Waals surface area contributed by atoms with E-state index in [2.05, 4.69) is 5.10 Å². The third-order valence-electron chi connectivity index (χ3n) is 2.48. The van der Waals surface area contributed by atoms with Crippen molar-refractivity contribution in [2.75, 3.05) is 5.01 Å². The Kier molecular flexibility index (Phi) is 2.82. The lowest BCUT2D eigenvalue weighted by atomic mass is 10.2. The Balaban J connectivity index is 2.44. The quantitative estimate of drug-likeness (QED) is 0.744. The van der Waals surface area contributed by atoms with E-state index in [0.717, 1.165) is 5.01 Å². The van der Waals surface area contributed by atoms with Gasteiger partial charge in [0.15, 0.2) is 0 Å². The summed E-state index contributed by atoms with van der Waals surface area (Å²) in [6.07, 6.45) is 0. The lowest BCUT2D eigenvalue weighted by Gasteiger charge is -2.18. The molecule has 0 fully saturated rings. The van der Waals surface area contributed by atoms with Gasteiger partial charge in [-0.1, -0.05) is 18.2 Å². The molecule has 0 radical (unpaired) electrons. The number of hydrogen-bond donors (Lipinski definition) is 2. The summed E-state index contributed by atoms with van der Waals surface area (Å²) in [6, 6.07) is 8.37. The third kappa shape index (κ3) is 1.68. The monoisotopic (exact) mass is 254 g/mol. The Bertz CT molecular complexity index is 516.